The number of hydrogen-bond donors (Lipinski definition) is 1. The highest BCUT2D eigenvalue weighted by molar-refractivity contribution is 5.22. The lowest BCUT2D eigenvalue weighted by molar-refractivity contribution is 0.298. The molecule has 0 aromatic carbocycles. The van der Waals surface area contributed by atoms with Crippen LogP contribution in [0.4, 0.5) is 0 Å². The Balaban J connectivity index is 3.02. The maximum absolute atomic E-state index is 5.37. The molecular formula is C15H27N3O. The van der Waals surface area contributed by atoms with Crippen LogP contribution in [0.25, 0.3) is 0 Å². The highest BCUT2D eigenvalue weighted by atomic mass is 16.5. The summed E-state index contributed by atoms with van der Waals surface area (Å²) in [7, 11) is 1.66. The molecule has 4 heteroatoms. The Labute approximate surface area is 117 Å². The van der Waals surface area contributed by atoms with Crippen molar-refractivity contribution in [2.45, 2.75) is 52.5 Å². The minimum Gasteiger partial charge on any atom is -0.480 e. The van der Waals surface area contributed by atoms with Gasteiger partial charge in [-0.25, -0.2) is 4.98 Å². The first kappa shape index (κ1) is 15.9. The van der Waals surface area contributed by atoms with Gasteiger partial charge in [0.1, 0.15) is 5.69 Å². The second kappa shape index (κ2) is 8.86. The highest BCUT2D eigenvalue weighted by Gasteiger charge is 2.25. The summed E-state index contributed by atoms with van der Waals surface area (Å²) in [5.74, 6) is 1.23. The molecule has 0 saturated carbocycles. The predicted octanol–water partition coefficient (Wildman–Crippen LogP) is 3.35. The van der Waals surface area contributed by atoms with Crippen molar-refractivity contribution in [1.82, 2.24) is 15.3 Å². The molecule has 0 spiro atoms. The lowest BCUT2D eigenvalue weighted by atomic mass is 9.88. The first-order valence-corrected chi connectivity index (χ1v) is 7.36. The van der Waals surface area contributed by atoms with Crippen LogP contribution in [0, 0.1) is 5.92 Å². The number of hydrogen-bond acceptors (Lipinski definition) is 4. The number of nitrogens with one attached hydrogen (secondary N) is 1. The van der Waals surface area contributed by atoms with Gasteiger partial charge >= 0.3 is 0 Å². The zero-order valence-electron chi connectivity index (χ0n) is 12.6. The molecule has 1 atom stereocenters. The summed E-state index contributed by atoms with van der Waals surface area (Å²) in [4.78, 5) is 8.78. The van der Waals surface area contributed by atoms with E-state index in [0.717, 1.165) is 12.2 Å². The molecular weight excluding hydrogens is 238 g/mol. The fraction of sp³-hybridized carbons (Fsp3) is 0.733. The van der Waals surface area contributed by atoms with Crippen LogP contribution in [-0.4, -0.2) is 23.6 Å². The standard InChI is InChI=1S/C15H27N3O/c1-5-8-12(9-6-2)13(16-7-3)14-15(19-4)18-11-10-17-14/h10-13,16H,5-9H2,1-4H3. The average Bonchev–Trinajstić information content (AvgIpc) is 2.44. The van der Waals surface area contributed by atoms with Gasteiger partial charge in [-0.15, -0.1) is 0 Å². The highest BCUT2D eigenvalue weighted by Crippen LogP contribution is 2.32. The molecule has 0 amide bonds. The van der Waals surface area contributed by atoms with E-state index in [0.29, 0.717) is 11.8 Å². The van der Waals surface area contributed by atoms with E-state index in [1.54, 1.807) is 19.5 Å². The van der Waals surface area contributed by atoms with E-state index >= 15 is 0 Å². The van der Waals surface area contributed by atoms with Crippen LogP contribution in [0.3, 0.4) is 0 Å². The normalized spacial score (nSPS) is 12.7. The van der Waals surface area contributed by atoms with Crippen LogP contribution in [0.2, 0.25) is 0 Å². The van der Waals surface area contributed by atoms with Crippen molar-refractivity contribution in [3.63, 3.8) is 0 Å². The Morgan fingerprint density at radius 3 is 2.26 bits per heavy atom. The van der Waals surface area contributed by atoms with Gasteiger partial charge in [0.2, 0.25) is 5.88 Å². The van der Waals surface area contributed by atoms with Crippen molar-refractivity contribution in [3.05, 3.63) is 18.1 Å². The average molecular weight is 265 g/mol. The van der Waals surface area contributed by atoms with E-state index in [1.165, 1.54) is 25.7 Å². The summed E-state index contributed by atoms with van der Waals surface area (Å²) < 4.78 is 5.37. The summed E-state index contributed by atoms with van der Waals surface area (Å²) in [5.41, 5.74) is 0.943. The Hall–Kier alpha value is -1.16. The predicted molar refractivity (Wildman–Crippen MR) is 78.3 cm³/mol. The van der Waals surface area contributed by atoms with Gasteiger partial charge in [0, 0.05) is 12.4 Å². The molecule has 19 heavy (non-hydrogen) atoms. The maximum Gasteiger partial charge on any atom is 0.237 e. The molecule has 0 bridgehead atoms. The van der Waals surface area contributed by atoms with Gasteiger partial charge in [0.05, 0.1) is 13.2 Å². The summed E-state index contributed by atoms with van der Waals surface area (Å²) in [5, 5.41) is 3.56. The summed E-state index contributed by atoms with van der Waals surface area (Å²) in [6, 6.07) is 0.230. The third-order valence-corrected chi connectivity index (χ3v) is 3.39. The molecule has 1 aromatic heterocycles. The Morgan fingerprint density at radius 1 is 1.11 bits per heavy atom. The van der Waals surface area contributed by atoms with E-state index in [4.69, 9.17) is 4.74 Å². The van der Waals surface area contributed by atoms with Gasteiger partial charge < -0.3 is 10.1 Å². The molecule has 1 N–H and O–H groups in total. The van der Waals surface area contributed by atoms with Crippen molar-refractivity contribution in [1.29, 1.82) is 0 Å². The van der Waals surface area contributed by atoms with Crippen LogP contribution in [0.1, 0.15) is 58.2 Å². The second-order valence-electron chi connectivity index (χ2n) is 4.82. The Bertz CT molecular complexity index is 351. The quantitative estimate of drug-likeness (QED) is 0.744. The minimum absolute atomic E-state index is 0.230. The Morgan fingerprint density at radius 2 is 1.74 bits per heavy atom. The summed E-state index contributed by atoms with van der Waals surface area (Å²) >= 11 is 0. The van der Waals surface area contributed by atoms with Gasteiger partial charge in [-0.1, -0.05) is 33.6 Å². The van der Waals surface area contributed by atoms with E-state index in [2.05, 4.69) is 36.1 Å². The smallest absolute Gasteiger partial charge is 0.237 e. The van der Waals surface area contributed by atoms with Gasteiger partial charge in [0.25, 0.3) is 0 Å². The van der Waals surface area contributed by atoms with E-state index in [1.807, 2.05) is 0 Å². The zero-order valence-corrected chi connectivity index (χ0v) is 12.6. The molecule has 108 valence electrons. The van der Waals surface area contributed by atoms with Crippen molar-refractivity contribution in [2.24, 2.45) is 5.92 Å². The first-order valence-electron chi connectivity index (χ1n) is 7.36. The molecule has 0 fully saturated rings. The lowest BCUT2D eigenvalue weighted by Crippen LogP contribution is -2.29. The number of rotatable bonds is 9. The number of ether oxygens (including phenoxy) is 1. The summed E-state index contributed by atoms with van der Waals surface area (Å²) in [6.07, 6.45) is 8.21. The molecule has 1 rings (SSSR count). The number of aromatic nitrogens is 2. The fourth-order valence-corrected chi connectivity index (χ4v) is 2.63. The molecule has 0 saturated heterocycles. The van der Waals surface area contributed by atoms with E-state index in [9.17, 15) is 0 Å². The van der Waals surface area contributed by atoms with Crippen molar-refractivity contribution < 1.29 is 4.74 Å². The third-order valence-electron chi connectivity index (χ3n) is 3.39. The van der Waals surface area contributed by atoms with Crippen LogP contribution in [-0.2, 0) is 0 Å². The van der Waals surface area contributed by atoms with Crippen LogP contribution < -0.4 is 10.1 Å². The zero-order chi connectivity index (χ0) is 14.1. The van der Waals surface area contributed by atoms with E-state index in [-0.39, 0.29) is 6.04 Å². The molecule has 1 aromatic rings. The molecule has 1 heterocycles. The van der Waals surface area contributed by atoms with Crippen LogP contribution in [0.5, 0.6) is 5.88 Å². The molecule has 0 aliphatic heterocycles. The van der Waals surface area contributed by atoms with Crippen molar-refractivity contribution >= 4 is 0 Å². The SMILES string of the molecule is CCCC(CCC)C(NCC)c1nccnc1OC. The topological polar surface area (TPSA) is 47.0 Å². The number of nitrogens with zero attached hydrogens (tertiary/aromatic N) is 2. The van der Waals surface area contributed by atoms with E-state index < -0.39 is 0 Å². The summed E-state index contributed by atoms with van der Waals surface area (Å²) in [6.45, 7) is 7.53. The van der Waals surface area contributed by atoms with Gasteiger partial charge in [-0.05, 0) is 25.3 Å². The van der Waals surface area contributed by atoms with Gasteiger partial charge in [-0.2, -0.15) is 0 Å². The number of methoxy groups -OCH3 is 1. The minimum atomic E-state index is 0.230. The molecule has 0 aliphatic rings. The monoisotopic (exact) mass is 265 g/mol. The molecule has 0 aliphatic carbocycles. The molecule has 1 unspecified atom stereocenters. The van der Waals surface area contributed by atoms with Crippen LogP contribution in [0.15, 0.2) is 12.4 Å². The van der Waals surface area contributed by atoms with Gasteiger partial charge in [0.15, 0.2) is 0 Å². The largest absolute Gasteiger partial charge is 0.480 e. The third kappa shape index (κ3) is 4.46. The van der Waals surface area contributed by atoms with Crippen molar-refractivity contribution in [3.8, 4) is 5.88 Å². The Kier molecular flexibility index (Phi) is 7.41. The van der Waals surface area contributed by atoms with Gasteiger partial charge in [-0.3, -0.25) is 4.98 Å². The maximum atomic E-state index is 5.37. The van der Waals surface area contributed by atoms with Crippen LogP contribution >= 0.6 is 0 Å². The van der Waals surface area contributed by atoms with Crippen molar-refractivity contribution in [2.75, 3.05) is 13.7 Å². The molecule has 4 nitrogen and oxygen atoms in total. The lowest BCUT2D eigenvalue weighted by Gasteiger charge is -2.27. The fourth-order valence-electron chi connectivity index (χ4n) is 2.63. The first-order chi connectivity index (χ1) is 9.28. The second-order valence-corrected chi connectivity index (χ2v) is 4.82. The molecule has 0 radical (unpaired) electrons.